The van der Waals surface area contributed by atoms with Crippen LogP contribution in [0.5, 0.6) is 0 Å². The third-order valence-corrected chi connectivity index (χ3v) is 1.10. The summed E-state index contributed by atoms with van der Waals surface area (Å²) in [5.41, 5.74) is 5.22. The molecule has 0 aromatic heterocycles. The van der Waals surface area contributed by atoms with Gasteiger partial charge in [0.25, 0.3) is 0 Å². The molecule has 0 amide bonds. The lowest BCUT2D eigenvalue weighted by atomic mass is 10.1. The van der Waals surface area contributed by atoms with Crippen LogP contribution in [0.4, 0.5) is 8.78 Å². The van der Waals surface area contributed by atoms with Gasteiger partial charge >= 0.3 is 0 Å². The number of nitrogens with two attached hydrogens (primary N) is 1. The normalized spacial score (nSPS) is 27.2. The van der Waals surface area contributed by atoms with Gasteiger partial charge in [0.15, 0.2) is 0 Å². The minimum Gasteiger partial charge on any atom is -0.324 e. The molecule has 0 aliphatic heterocycles. The van der Waals surface area contributed by atoms with Gasteiger partial charge in [-0.1, -0.05) is 0 Å². The Morgan fingerprint density at radius 2 is 2.22 bits per heavy atom. The second-order valence-electron chi connectivity index (χ2n) is 2.01. The van der Waals surface area contributed by atoms with Crippen molar-refractivity contribution in [1.29, 1.82) is 0 Å². The molecule has 0 fully saturated rings. The average molecular weight is 131 g/mol. The first-order chi connectivity index (χ1) is 4.18. The summed E-state index contributed by atoms with van der Waals surface area (Å²) in [4.78, 5) is 0. The number of halogens is 2. The lowest BCUT2D eigenvalue weighted by Gasteiger charge is -2.08. The van der Waals surface area contributed by atoms with Gasteiger partial charge in [0.1, 0.15) is 11.7 Å². The monoisotopic (exact) mass is 131 g/mol. The summed E-state index contributed by atoms with van der Waals surface area (Å²) in [7, 11) is 0. The Balaban J connectivity index is 2.74. The van der Waals surface area contributed by atoms with Crippen molar-refractivity contribution >= 4 is 0 Å². The Hall–Kier alpha value is -0.700. The van der Waals surface area contributed by atoms with Crippen molar-refractivity contribution in [1.82, 2.24) is 0 Å². The van der Waals surface area contributed by atoms with E-state index in [1.165, 1.54) is 6.08 Å². The first kappa shape index (κ1) is 6.42. The standard InChI is InChI=1S/C6H7F2N/c7-4-1-5(8)3-6(9)2-4/h1-2,6H,3,9H2. The number of allylic oxidation sites excluding steroid dienone is 2. The van der Waals surface area contributed by atoms with Crippen LogP contribution in [0.25, 0.3) is 0 Å². The molecule has 1 aliphatic carbocycles. The van der Waals surface area contributed by atoms with Gasteiger partial charge in [0, 0.05) is 18.5 Å². The molecule has 1 atom stereocenters. The van der Waals surface area contributed by atoms with Crippen LogP contribution in [0.1, 0.15) is 6.42 Å². The summed E-state index contributed by atoms with van der Waals surface area (Å²) < 4.78 is 24.3. The zero-order chi connectivity index (χ0) is 6.85. The van der Waals surface area contributed by atoms with E-state index in [-0.39, 0.29) is 6.42 Å². The molecule has 0 aromatic rings. The lowest BCUT2D eigenvalue weighted by molar-refractivity contribution is 0.535. The fraction of sp³-hybridized carbons (Fsp3) is 0.333. The summed E-state index contributed by atoms with van der Waals surface area (Å²) in [5.74, 6) is -1.06. The van der Waals surface area contributed by atoms with Crippen molar-refractivity contribution in [3.8, 4) is 0 Å². The van der Waals surface area contributed by atoms with Crippen molar-refractivity contribution < 1.29 is 8.78 Å². The Morgan fingerprint density at radius 3 is 2.67 bits per heavy atom. The second-order valence-corrected chi connectivity index (χ2v) is 2.01. The molecule has 1 aliphatic rings. The average Bonchev–Trinajstić information content (AvgIpc) is 1.59. The highest BCUT2D eigenvalue weighted by atomic mass is 19.1. The van der Waals surface area contributed by atoms with E-state index in [1.54, 1.807) is 0 Å². The fourth-order valence-electron chi connectivity index (χ4n) is 0.745. The van der Waals surface area contributed by atoms with E-state index in [1.807, 2.05) is 0 Å². The van der Waals surface area contributed by atoms with Crippen molar-refractivity contribution in [2.24, 2.45) is 5.73 Å². The molecule has 0 bridgehead atoms. The summed E-state index contributed by atoms with van der Waals surface area (Å²) in [6.45, 7) is 0. The molecule has 0 heterocycles. The molecule has 1 nitrogen and oxygen atoms in total. The van der Waals surface area contributed by atoms with Gasteiger partial charge in [0.05, 0.1) is 0 Å². The third kappa shape index (κ3) is 1.61. The molecule has 0 aromatic carbocycles. The third-order valence-electron chi connectivity index (χ3n) is 1.10. The van der Waals surface area contributed by atoms with E-state index >= 15 is 0 Å². The Labute approximate surface area is 51.8 Å². The van der Waals surface area contributed by atoms with Crippen molar-refractivity contribution in [3.05, 3.63) is 23.8 Å². The highest BCUT2D eigenvalue weighted by Gasteiger charge is 2.10. The van der Waals surface area contributed by atoms with E-state index in [2.05, 4.69) is 0 Å². The van der Waals surface area contributed by atoms with E-state index in [0.717, 1.165) is 6.08 Å². The van der Waals surface area contributed by atoms with E-state index in [9.17, 15) is 8.78 Å². The second kappa shape index (κ2) is 2.27. The minimum atomic E-state index is -0.578. The van der Waals surface area contributed by atoms with Crippen LogP contribution in [0.15, 0.2) is 23.8 Å². The molecule has 0 saturated carbocycles. The zero-order valence-electron chi connectivity index (χ0n) is 4.77. The topological polar surface area (TPSA) is 26.0 Å². The largest absolute Gasteiger partial charge is 0.324 e. The fourth-order valence-corrected chi connectivity index (χ4v) is 0.745. The van der Waals surface area contributed by atoms with Crippen LogP contribution in [-0.2, 0) is 0 Å². The van der Waals surface area contributed by atoms with Crippen molar-refractivity contribution in [3.63, 3.8) is 0 Å². The SMILES string of the molecule is NC1C=C(F)C=C(F)C1. The van der Waals surface area contributed by atoms with E-state index in [4.69, 9.17) is 5.73 Å². The van der Waals surface area contributed by atoms with Crippen molar-refractivity contribution in [2.45, 2.75) is 12.5 Å². The van der Waals surface area contributed by atoms with Gasteiger partial charge in [-0.3, -0.25) is 0 Å². The number of hydrogen-bond acceptors (Lipinski definition) is 1. The van der Waals surface area contributed by atoms with Crippen LogP contribution < -0.4 is 5.73 Å². The molecule has 9 heavy (non-hydrogen) atoms. The molecule has 2 N–H and O–H groups in total. The van der Waals surface area contributed by atoms with E-state index < -0.39 is 17.7 Å². The predicted molar refractivity (Wildman–Crippen MR) is 31.0 cm³/mol. The van der Waals surface area contributed by atoms with Gasteiger partial charge < -0.3 is 5.73 Å². The first-order valence-electron chi connectivity index (χ1n) is 2.67. The Bertz CT molecular complexity index is 172. The lowest BCUT2D eigenvalue weighted by Crippen LogP contribution is -2.19. The first-order valence-corrected chi connectivity index (χ1v) is 2.67. The van der Waals surface area contributed by atoms with Gasteiger partial charge in [-0.05, 0) is 6.08 Å². The maximum Gasteiger partial charge on any atom is 0.123 e. The quantitative estimate of drug-likeness (QED) is 0.528. The summed E-state index contributed by atoms with van der Waals surface area (Å²) in [6.07, 6.45) is 2.17. The van der Waals surface area contributed by atoms with Crippen LogP contribution in [0.3, 0.4) is 0 Å². The van der Waals surface area contributed by atoms with E-state index in [0.29, 0.717) is 0 Å². The molecular formula is C6H7F2N. The minimum absolute atomic E-state index is 0.118. The molecule has 1 rings (SSSR count). The molecule has 0 saturated heterocycles. The van der Waals surface area contributed by atoms with Gasteiger partial charge in [0.2, 0.25) is 0 Å². The predicted octanol–water partition coefficient (Wildman–Crippen LogP) is 1.42. The molecule has 1 unspecified atom stereocenters. The van der Waals surface area contributed by atoms with Crippen LogP contribution in [-0.4, -0.2) is 6.04 Å². The highest BCUT2D eigenvalue weighted by Crippen LogP contribution is 2.17. The van der Waals surface area contributed by atoms with Gasteiger partial charge in [-0.15, -0.1) is 0 Å². The van der Waals surface area contributed by atoms with Crippen LogP contribution >= 0.6 is 0 Å². The number of rotatable bonds is 0. The van der Waals surface area contributed by atoms with Crippen LogP contribution in [0, 0.1) is 0 Å². The molecular weight excluding hydrogens is 124 g/mol. The summed E-state index contributed by atoms with van der Waals surface area (Å²) in [5, 5.41) is 0. The molecule has 0 radical (unpaired) electrons. The summed E-state index contributed by atoms with van der Waals surface area (Å²) >= 11 is 0. The number of hydrogen-bond donors (Lipinski definition) is 1. The Morgan fingerprint density at radius 1 is 1.56 bits per heavy atom. The van der Waals surface area contributed by atoms with Crippen molar-refractivity contribution in [2.75, 3.05) is 0 Å². The molecule has 0 spiro atoms. The molecule has 3 heteroatoms. The highest BCUT2D eigenvalue weighted by molar-refractivity contribution is 5.22. The maximum atomic E-state index is 12.2. The Kier molecular flexibility index (Phi) is 1.62. The van der Waals surface area contributed by atoms with Gasteiger partial charge in [-0.25, -0.2) is 8.78 Å². The smallest absolute Gasteiger partial charge is 0.123 e. The van der Waals surface area contributed by atoms with Gasteiger partial charge in [-0.2, -0.15) is 0 Å². The maximum absolute atomic E-state index is 12.2. The van der Waals surface area contributed by atoms with Crippen LogP contribution in [0.2, 0.25) is 0 Å². The molecule has 50 valence electrons. The zero-order valence-corrected chi connectivity index (χ0v) is 4.77. The summed E-state index contributed by atoms with van der Waals surface area (Å²) in [6, 6.07) is -0.491.